The van der Waals surface area contributed by atoms with Gasteiger partial charge in [0, 0.05) is 12.0 Å². The van der Waals surface area contributed by atoms with Crippen LogP contribution in [0.1, 0.15) is 40.7 Å². The van der Waals surface area contributed by atoms with Gasteiger partial charge in [0.05, 0.1) is 13.2 Å². The van der Waals surface area contributed by atoms with Crippen molar-refractivity contribution in [3.63, 3.8) is 0 Å². The Bertz CT molecular complexity index is 407. The van der Waals surface area contributed by atoms with Gasteiger partial charge in [0.15, 0.2) is 5.78 Å². The van der Waals surface area contributed by atoms with E-state index in [-0.39, 0.29) is 5.78 Å². The highest BCUT2D eigenvalue weighted by atomic mass is 16.5. The summed E-state index contributed by atoms with van der Waals surface area (Å²) in [6.45, 7) is 4.97. The molecule has 2 heteroatoms. The third-order valence-corrected chi connectivity index (χ3v) is 2.86. The monoisotopic (exact) mass is 216 g/mol. The Morgan fingerprint density at radius 1 is 1.38 bits per heavy atom. The molecule has 0 aliphatic carbocycles. The molecule has 0 aromatic heterocycles. The Morgan fingerprint density at radius 2 is 2.19 bits per heavy atom. The van der Waals surface area contributed by atoms with Gasteiger partial charge < -0.3 is 4.74 Å². The molecular weight excluding hydrogens is 200 g/mol. The lowest BCUT2D eigenvalue weighted by atomic mass is 10.0. The number of hydrogen-bond donors (Lipinski definition) is 0. The van der Waals surface area contributed by atoms with Crippen LogP contribution in [0.25, 0.3) is 0 Å². The summed E-state index contributed by atoms with van der Waals surface area (Å²) in [6, 6.07) is 5.88. The first kappa shape index (κ1) is 11.1. The number of ketones is 1. The lowest BCUT2D eigenvalue weighted by Gasteiger charge is -2.02. The van der Waals surface area contributed by atoms with Crippen LogP contribution in [0.3, 0.4) is 0 Å². The van der Waals surface area contributed by atoms with Crippen molar-refractivity contribution >= 4 is 5.78 Å². The summed E-state index contributed by atoms with van der Waals surface area (Å²) in [5.74, 6) is 0.219. The van der Waals surface area contributed by atoms with Crippen LogP contribution < -0.4 is 0 Å². The topological polar surface area (TPSA) is 26.3 Å². The summed E-state index contributed by atoms with van der Waals surface area (Å²) in [4.78, 5) is 11.8. The van der Waals surface area contributed by atoms with Crippen LogP contribution in [0.4, 0.5) is 0 Å². The molecule has 0 fully saturated rings. The second-order valence-electron chi connectivity index (χ2n) is 4.08. The molecule has 2 rings (SSSR count). The highest BCUT2D eigenvalue weighted by Gasteiger charge is 2.13. The van der Waals surface area contributed by atoms with Gasteiger partial charge in [-0.1, -0.05) is 18.2 Å². The molecule has 0 atom stereocenters. The predicted octanol–water partition coefficient (Wildman–Crippen LogP) is 3.26. The Hall–Kier alpha value is -1.41. The van der Waals surface area contributed by atoms with E-state index in [9.17, 15) is 4.79 Å². The van der Waals surface area contributed by atoms with Crippen LogP contribution in [-0.2, 0) is 18.0 Å². The van der Waals surface area contributed by atoms with Crippen LogP contribution in [0, 0.1) is 0 Å². The van der Waals surface area contributed by atoms with Gasteiger partial charge in [-0.3, -0.25) is 4.79 Å². The molecule has 1 aromatic carbocycles. The lowest BCUT2D eigenvalue weighted by molar-refractivity contribution is 0.0980. The van der Waals surface area contributed by atoms with Crippen molar-refractivity contribution in [2.75, 3.05) is 0 Å². The molecule has 0 radical (unpaired) electrons. The molecule has 16 heavy (non-hydrogen) atoms. The molecule has 0 amide bonds. The number of benzene rings is 1. The largest absolute Gasteiger partial charge is 0.372 e. The van der Waals surface area contributed by atoms with Gasteiger partial charge in [-0.25, -0.2) is 0 Å². The average molecular weight is 216 g/mol. The molecule has 0 bridgehead atoms. The number of ether oxygens (including phenoxy) is 1. The summed E-state index contributed by atoms with van der Waals surface area (Å²) in [7, 11) is 0. The van der Waals surface area contributed by atoms with Gasteiger partial charge in [-0.2, -0.15) is 0 Å². The smallest absolute Gasteiger partial charge is 0.162 e. The van der Waals surface area contributed by atoms with Crippen molar-refractivity contribution in [3.05, 3.63) is 47.5 Å². The molecule has 1 heterocycles. The number of fused-ring (bicyclic) bond motifs is 1. The first-order valence-electron chi connectivity index (χ1n) is 5.65. The fourth-order valence-corrected chi connectivity index (χ4v) is 1.90. The number of unbranched alkanes of at least 4 members (excludes halogenated alkanes) is 1. The maximum absolute atomic E-state index is 11.8. The quantitative estimate of drug-likeness (QED) is 0.429. The Labute approximate surface area is 95.9 Å². The highest BCUT2D eigenvalue weighted by molar-refractivity contribution is 5.96. The van der Waals surface area contributed by atoms with E-state index in [1.165, 1.54) is 5.56 Å². The summed E-state index contributed by atoms with van der Waals surface area (Å²) in [6.07, 6.45) is 4.24. The minimum Gasteiger partial charge on any atom is -0.372 e. The summed E-state index contributed by atoms with van der Waals surface area (Å²) in [5, 5.41) is 0. The van der Waals surface area contributed by atoms with E-state index in [0.717, 1.165) is 24.0 Å². The van der Waals surface area contributed by atoms with E-state index < -0.39 is 0 Å². The molecule has 84 valence electrons. The second-order valence-corrected chi connectivity index (χ2v) is 4.08. The van der Waals surface area contributed by atoms with E-state index in [1.807, 2.05) is 24.3 Å². The lowest BCUT2D eigenvalue weighted by Crippen LogP contribution is -1.99. The maximum Gasteiger partial charge on any atom is 0.162 e. The molecule has 0 spiro atoms. The number of carbonyl (C=O) groups is 1. The van der Waals surface area contributed by atoms with Crippen molar-refractivity contribution in [2.24, 2.45) is 0 Å². The summed E-state index contributed by atoms with van der Waals surface area (Å²) >= 11 is 0. The maximum atomic E-state index is 11.8. The minimum absolute atomic E-state index is 0.219. The number of rotatable bonds is 5. The Balaban J connectivity index is 2.03. The number of hydrogen-bond acceptors (Lipinski definition) is 2. The second kappa shape index (κ2) is 5.08. The van der Waals surface area contributed by atoms with Crippen molar-refractivity contribution in [2.45, 2.75) is 32.5 Å². The number of allylic oxidation sites excluding steroid dienone is 1. The molecule has 1 aliphatic rings. The van der Waals surface area contributed by atoms with Crippen molar-refractivity contribution in [3.8, 4) is 0 Å². The fraction of sp³-hybridized carbons (Fsp3) is 0.357. The van der Waals surface area contributed by atoms with Crippen LogP contribution in [0.15, 0.2) is 30.9 Å². The van der Waals surface area contributed by atoms with E-state index in [4.69, 9.17) is 4.74 Å². The van der Waals surface area contributed by atoms with Gasteiger partial charge in [-0.05, 0) is 30.0 Å². The van der Waals surface area contributed by atoms with Crippen LogP contribution in [0.5, 0.6) is 0 Å². The third kappa shape index (κ3) is 2.39. The van der Waals surface area contributed by atoms with Crippen molar-refractivity contribution in [1.29, 1.82) is 0 Å². The minimum atomic E-state index is 0.219. The molecule has 0 saturated carbocycles. The van der Waals surface area contributed by atoms with Crippen LogP contribution in [0.2, 0.25) is 0 Å². The van der Waals surface area contributed by atoms with Gasteiger partial charge >= 0.3 is 0 Å². The first-order valence-corrected chi connectivity index (χ1v) is 5.65. The Kier molecular flexibility index (Phi) is 3.52. The molecule has 0 unspecified atom stereocenters. The average Bonchev–Trinajstić information content (AvgIpc) is 2.76. The summed E-state index contributed by atoms with van der Waals surface area (Å²) < 4.78 is 5.32. The van der Waals surface area contributed by atoms with Crippen LogP contribution in [-0.4, -0.2) is 5.78 Å². The molecule has 0 N–H and O–H groups in total. The van der Waals surface area contributed by atoms with Crippen LogP contribution >= 0.6 is 0 Å². The summed E-state index contributed by atoms with van der Waals surface area (Å²) in [5.41, 5.74) is 3.19. The van der Waals surface area contributed by atoms with Gasteiger partial charge in [0.2, 0.25) is 0 Å². The highest BCUT2D eigenvalue weighted by Crippen LogP contribution is 2.21. The normalized spacial score (nSPS) is 13.5. The van der Waals surface area contributed by atoms with Gasteiger partial charge in [0.1, 0.15) is 0 Å². The van der Waals surface area contributed by atoms with Crippen molar-refractivity contribution < 1.29 is 9.53 Å². The predicted molar refractivity (Wildman–Crippen MR) is 63.3 cm³/mol. The molecule has 0 saturated heterocycles. The van der Waals surface area contributed by atoms with E-state index >= 15 is 0 Å². The third-order valence-electron chi connectivity index (χ3n) is 2.86. The van der Waals surface area contributed by atoms with Gasteiger partial charge in [0.25, 0.3) is 0 Å². The van der Waals surface area contributed by atoms with Crippen molar-refractivity contribution in [1.82, 2.24) is 0 Å². The molecule has 1 aliphatic heterocycles. The van der Waals surface area contributed by atoms with E-state index in [1.54, 1.807) is 0 Å². The number of Topliss-reactive ketones (excluding diaryl/α,β-unsaturated/α-hetero) is 1. The van der Waals surface area contributed by atoms with Gasteiger partial charge in [-0.15, -0.1) is 6.58 Å². The zero-order valence-corrected chi connectivity index (χ0v) is 9.37. The zero-order valence-electron chi connectivity index (χ0n) is 9.37. The molecule has 1 aromatic rings. The van der Waals surface area contributed by atoms with E-state index in [0.29, 0.717) is 19.6 Å². The SMILES string of the molecule is C=CCCCC(=O)c1ccc2c(c1)COC2. The Morgan fingerprint density at radius 3 is 3.00 bits per heavy atom. The molecule has 2 nitrogen and oxygen atoms in total. The molecular formula is C14H16O2. The van der Waals surface area contributed by atoms with E-state index in [2.05, 4.69) is 6.58 Å². The first-order chi connectivity index (χ1) is 7.81. The zero-order chi connectivity index (χ0) is 11.4. The fourth-order valence-electron chi connectivity index (χ4n) is 1.90. The standard InChI is InChI=1S/C14H16O2/c1-2-3-4-5-14(15)11-6-7-12-9-16-10-13(12)8-11/h2,6-8H,1,3-5,9-10H2. The number of carbonyl (C=O) groups excluding carboxylic acids is 1.